The van der Waals surface area contributed by atoms with Crippen molar-refractivity contribution in [3.63, 3.8) is 0 Å². The van der Waals surface area contributed by atoms with E-state index in [-0.39, 0.29) is 24.8 Å². The van der Waals surface area contributed by atoms with Crippen molar-refractivity contribution in [3.8, 4) is 11.3 Å². The quantitative estimate of drug-likeness (QED) is 0.617. The highest BCUT2D eigenvalue weighted by atomic mass is 35.5. The van der Waals surface area contributed by atoms with Gasteiger partial charge in [0.1, 0.15) is 0 Å². The molecule has 1 aromatic heterocycles. The van der Waals surface area contributed by atoms with Crippen molar-refractivity contribution in [2.45, 2.75) is 12.8 Å². The molecule has 1 nitrogen and oxygen atoms in total. The maximum Gasteiger partial charge on any atom is 0.0935 e. The number of rotatable bonds is 4. The first-order valence-corrected chi connectivity index (χ1v) is 7.33. The Labute approximate surface area is 141 Å². The normalized spacial score (nSPS) is 9.52. The van der Waals surface area contributed by atoms with Crippen LogP contribution in [0.2, 0.25) is 0 Å². The van der Waals surface area contributed by atoms with E-state index >= 15 is 0 Å². The Morgan fingerprint density at radius 2 is 1.38 bits per heavy atom. The molecule has 3 aromatic rings. The molecule has 0 N–H and O–H groups in total. The summed E-state index contributed by atoms with van der Waals surface area (Å²) in [6, 6.07) is 20.9. The second kappa shape index (κ2) is 8.83. The summed E-state index contributed by atoms with van der Waals surface area (Å²) in [5.74, 6) is 0. The molecule has 4 heteroatoms. The molecule has 0 aliphatic heterocycles. The summed E-state index contributed by atoms with van der Waals surface area (Å²) in [6.45, 7) is 0. The van der Waals surface area contributed by atoms with E-state index in [0.717, 1.165) is 18.5 Å². The van der Waals surface area contributed by atoms with Gasteiger partial charge in [-0.1, -0.05) is 60.7 Å². The zero-order chi connectivity index (χ0) is 12.9. The lowest BCUT2D eigenvalue weighted by atomic mass is 10.1. The molecule has 0 aliphatic carbocycles. The summed E-state index contributed by atoms with van der Waals surface area (Å²) in [7, 11) is 0. The molecule has 0 aliphatic rings. The van der Waals surface area contributed by atoms with Gasteiger partial charge in [0.25, 0.3) is 0 Å². The molecule has 21 heavy (non-hydrogen) atoms. The lowest BCUT2D eigenvalue weighted by molar-refractivity contribution is 0.945. The fourth-order valence-electron chi connectivity index (χ4n) is 2.06. The maximum absolute atomic E-state index is 4.71. The Bertz CT molecular complexity index is 638. The monoisotopic (exact) mass is 337 g/mol. The number of aromatic nitrogens is 1. The Balaban J connectivity index is 0.00000110. The Morgan fingerprint density at radius 1 is 0.762 bits per heavy atom. The molecule has 0 fully saturated rings. The van der Waals surface area contributed by atoms with Crippen molar-refractivity contribution in [1.29, 1.82) is 0 Å². The molecule has 0 saturated heterocycles. The van der Waals surface area contributed by atoms with E-state index < -0.39 is 0 Å². The van der Waals surface area contributed by atoms with Crippen LogP contribution in [0.25, 0.3) is 11.3 Å². The molecule has 0 bridgehead atoms. The van der Waals surface area contributed by atoms with E-state index in [4.69, 9.17) is 4.98 Å². The minimum atomic E-state index is 0. The molecule has 0 atom stereocenters. The molecule has 0 radical (unpaired) electrons. The van der Waals surface area contributed by atoms with E-state index in [1.807, 2.05) is 6.07 Å². The van der Waals surface area contributed by atoms with Gasteiger partial charge in [0, 0.05) is 17.4 Å². The van der Waals surface area contributed by atoms with Gasteiger partial charge in [-0.25, -0.2) is 4.98 Å². The van der Waals surface area contributed by atoms with E-state index in [1.165, 1.54) is 16.1 Å². The largest absolute Gasteiger partial charge is 0.241 e. The minimum absolute atomic E-state index is 0. The van der Waals surface area contributed by atoms with Gasteiger partial charge in [0.15, 0.2) is 0 Å². The number of aryl methyl sites for hydroxylation is 2. The summed E-state index contributed by atoms with van der Waals surface area (Å²) < 4.78 is 0. The van der Waals surface area contributed by atoms with Gasteiger partial charge in [0.05, 0.1) is 10.7 Å². The number of halogens is 2. The van der Waals surface area contributed by atoms with E-state index in [2.05, 4.69) is 60.0 Å². The Morgan fingerprint density at radius 3 is 2.05 bits per heavy atom. The summed E-state index contributed by atoms with van der Waals surface area (Å²) >= 11 is 1.75. The Hall–Kier alpha value is -1.35. The van der Waals surface area contributed by atoms with Crippen molar-refractivity contribution in [2.24, 2.45) is 0 Å². The molecule has 3 rings (SSSR count). The van der Waals surface area contributed by atoms with Gasteiger partial charge in [-0.2, -0.15) is 0 Å². The lowest BCUT2D eigenvalue weighted by Crippen LogP contribution is -1.90. The van der Waals surface area contributed by atoms with Crippen molar-refractivity contribution in [2.75, 3.05) is 0 Å². The predicted octanol–water partition coefficient (Wildman–Crippen LogP) is 5.44. The maximum atomic E-state index is 4.71. The molecular formula is C17H17Cl2NS. The first kappa shape index (κ1) is 17.7. The highest BCUT2D eigenvalue weighted by Gasteiger charge is 2.04. The van der Waals surface area contributed by atoms with Crippen LogP contribution in [0.5, 0.6) is 0 Å². The van der Waals surface area contributed by atoms with E-state index in [9.17, 15) is 0 Å². The van der Waals surface area contributed by atoms with Gasteiger partial charge in [-0.3, -0.25) is 0 Å². The third-order valence-electron chi connectivity index (χ3n) is 3.09. The third kappa shape index (κ3) is 4.85. The third-order valence-corrected chi connectivity index (χ3v) is 4.00. The molecule has 1 heterocycles. The number of hydrogen-bond acceptors (Lipinski definition) is 2. The van der Waals surface area contributed by atoms with Crippen LogP contribution in [0.4, 0.5) is 0 Å². The highest BCUT2D eigenvalue weighted by molar-refractivity contribution is 7.09. The van der Waals surface area contributed by atoms with Crippen LogP contribution in [0.15, 0.2) is 66.0 Å². The molecule has 0 unspecified atom stereocenters. The first-order chi connectivity index (χ1) is 9.42. The fraction of sp³-hybridized carbons (Fsp3) is 0.118. The molecule has 0 amide bonds. The van der Waals surface area contributed by atoms with Gasteiger partial charge in [0.2, 0.25) is 0 Å². The number of thiazole rings is 1. The zero-order valence-electron chi connectivity index (χ0n) is 11.4. The molecule has 0 spiro atoms. The van der Waals surface area contributed by atoms with Crippen LogP contribution < -0.4 is 0 Å². The second-order valence-electron chi connectivity index (χ2n) is 4.48. The van der Waals surface area contributed by atoms with Gasteiger partial charge >= 0.3 is 0 Å². The predicted molar refractivity (Wildman–Crippen MR) is 95.9 cm³/mol. The van der Waals surface area contributed by atoms with Crippen molar-refractivity contribution in [3.05, 3.63) is 76.6 Å². The fourth-order valence-corrected chi connectivity index (χ4v) is 2.87. The number of hydrogen-bond donors (Lipinski definition) is 0. The molecule has 110 valence electrons. The van der Waals surface area contributed by atoms with Crippen molar-refractivity contribution < 1.29 is 0 Å². The molecule has 0 saturated carbocycles. The van der Waals surface area contributed by atoms with E-state index in [1.54, 1.807) is 11.3 Å². The average molecular weight is 338 g/mol. The van der Waals surface area contributed by atoms with E-state index in [0.29, 0.717) is 0 Å². The topological polar surface area (TPSA) is 12.9 Å². The lowest BCUT2D eigenvalue weighted by Gasteiger charge is -1.98. The highest BCUT2D eigenvalue weighted by Crippen LogP contribution is 2.22. The molecule has 2 aromatic carbocycles. The van der Waals surface area contributed by atoms with Gasteiger partial charge in [-0.05, 0) is 12.0 Å². The smallest absolute Gasteiger partial charge is 0.0935 e. The average Bonchev–Trinajstić information content (AvgIpc) is 2.96. The van der Waals surface area contributed by atoms with Crippen LogP contribution in [0, 0.1) is 0 Å². The minimum Gasteiger partial charge on any atom is -0.241 e. The first-order valence-electron chi connectivity index (χ1n) is 6.45. The molecular weight excluding hydrogens is 321 g/mol. The Kier molecular flexibility index (Phi) is 7.44. The SMILES string of the molecule is Cl.Cl.c1ccc(CCc2nc(-c3ccccc3)cs2)cc1. The van der Waals surface area contributed by atoms with Crippen LogP contribution in [-0.2, 0) is 12.8 Å². The van der Waals surface area contributed by atoms with Crippen LogP contribution in [0.3, 0.4) is 0 Å². The summed E-state index contributed by atoms with van der Waals surface area (Å²) in [5.41, 5.74) is 3.66. The number of benzene rings is 2. The summed E-state index contributed by atoms with van der Waals surface area (Å²) in [4.78, 5) is 4.71. The standard InChI is InChI=1S/C17H15NS.2ClH/c1-3-7-14(8-4-1)11-12-17-18-16(13-19-17)15-9-5-2-6-10-15;;/h1-10,13H,11-12H2;2*1H. The van der Waals surface area contributed by atoms with Crippen LogP contribution >= 0.6 is 36.2 Å². The summed E-state index contributed by atoms with van der Waals surface area (Å²) in [5, 5.41) is 3.36. The van der Waals surface area contributed by atoms with Gasteiger partial charge < -0.3 is 0 Å². The van der Waals surface area contributed by atoms with Crippen LogP contribution in [0.1, 0.15) is 10.6 Å². The zero-order valence-corrected chi connectivity index (χ0v) is 13.9. The van der Waals surface area contributed by atoms with Crippen molar-refractivity contribution >= 4 is 36.2 Å². The van der Waals surface area contributed by atoms with Crippen LogP contribution in [-0.4, -0.2) is 4.98 Å². The van der Waals surface area contributed by atoms with Crippen molar-refractivity contribution in [1.82, 2.24) is 4.98 Å². The second-order valence-corrected chi connectivity index (χ2v) is 5.42. The summed E-state index contributed by atoms with van der Waals surface area (Å²) in [6.07, 6.45) is 2.07. The van der Waals surface area contributed by atoms with Gasteiger partial charge in [-0.15, -0.1) is 36.2 Å². The number of nitrogens with zero attached hydrogens (tertiary/aromatic N) is 1.